The van der Waals surface area contributed by atoms with Crippen LogP contribution in [0.4, 0.5) is 0 Å². The molecular formula is C12H16BrN3. The molecule has 0 aliphatic heterocycles. The molecule has 0 spiro atoms. The Morgan fingerprint density at radius 2 is 2.00 bits per heavy atom. The third kappa shape index (κ3) is 1.98. The second-order valence-electron chi connectivity index (χ2n) is 4.65. The van der Waals surface area contributed by atoms with Gasteiger partial charge in [-0.25, -0.2) is 0 Å². The molecule has 1 aliphatic carbocycles. The van der Waals surface area contributed by atoms with Gasteiger partial charge in [0.25, 0.3) is 0 Å². The van der Waals surface area contributed by atoms with E-state index in [2.05, 4.69) is 59.1 Å². The average Bonchev–Trinajstić information content (AvgIpc) is 2.69. The quantitative estimate of drug-likeness (QED) is 0.780. The molecule has 2 rings (SSSR count). The topological polar surface area (TPSA) is 30.7 Å². The molecule has 1 unspecified atom stereocenters. The molecular weight excluding hydrogens is 266 g/mol. The fourth-order valence-corrected chi connectivity index (χ4v) is 2.79. The first-order valence-electron chi connectivity index (χ1n) is 5.41. The van der Waals surface area contributed by atoms with Crippen LogP contribution in [0.5, 0.6) is 0 Å². The first-order valence-corrected chi connectivity index (χ1v) is 6.32. The third-order valence-corrected chi connectivity index (χ3v) is 3.64. The summed E-state index contributed by atoms with van der Waals surface area (Å²) in [6.07, 6.45) is 8.86. The summed E-state index contributed by atoms with van der Waals surface area (Å²) in [7, 11) is 0. The first-order chi connectivity index (χ1) is 7.51. The van der Waals surface area contributed by atoms with Gasteiger partial charge in [0.05, 0.1) is 12.4 Å². The van der Waals surface area contributed by atoms with Gasteiger partial charge in [-0.3, -0.25) is 0 Å². The molecule has 1 aromatic rings. The van der Waals surface area contributed by atoms with Crippen LogP contribution < -0.4 is 0 Å². The number of allylic oxidation sites excluding steroid dienone is 4. The van der Waals surface area contributed by atoms with Crippen molar-refractivity contribution in [2.75, 3.05) is 0 Å². The summed E-state index contributed by atoms with van der Waals surface area (Å²) in [6, 6.07) is 0. The maximum absolute atomic E-state index is 4.24. The van der Waals surface area contributed by atoms with E-state index in [1.807, 2.05) is 0 Å². The lowest BCUT2D eigenvalue weighted by Crippen LogP contribution is -2.32. The van der Waals surface area contributed by atoms with Crippen molar-refractivity contribution in [3.63, 3.8) is 0 Å². The number of alkyl halides is 1. The number of halogens is 1. The van der Waals surface area contributed by atoms with Crippen molar-refractivity contribution in [2.45, 2.75) is 37.6 Å². The summed E-state index contributed by atoms with van der Waals surface area (Å²) in [5, 5.41) is 8.48. The molecule has 0 saturated carbocycles. The largest absolute Gasteiger partial charge is 0.175 e. The summed E-state index contributed by atoms with van der Waals surface area (Å²) in [5.74, 6) is 0. The van der Waals surface area contributed by atoms with Gasteiger partial charge >= 0.3 is 0 Å². The average molecular weight is 282 g/mol. The van der Waals surface area contributed by atoms with E-state index < -0.39 is 0 Å². The second-order valence-corrected chi connectivity index (χ2v) is 5.83. The zero-order chi connectivity index (χ0) is 11.8. The lowest BCUT2D eigenvalue weighted by Gasteiger charge is -2.30. The van der Waals surface area contributed by atoms with Crippen LogP contribution in [0, 0.1) is 0 Å². The molecule has 0 N–H and O–H groups in total. The minimum absolute atomic E-state index is 0.183. The van der Waals surface area contributed by atoms with Crippen LogP contribution in [-0.2, 0) is 5.54 Å². The van der Waals surface area contributed by atoms with Gasteiger partial charge in [-0.2, -0.15) is 15.0 Å². The lowest BCUT2D eigenvalue weighted by molar-refractivity contribution is 0.338. The highest BCUT2D eigenvalue weighted by molar-refractivity contribution is 9.09. The van der Waals surface area contributed by atoms with E-state index in [9.17, 15) is 0 Å². The minimum Gasteiger partial charge on any atom is -0.175 e. The molecule has 4 heteroatoms. The van der Waals surface area contributed by atoms with E-state index >= 15 is 0 Å². The summed E-state index contributed by atoms with van der Waals surface area (Å²) in [5.41, 5.74) is 2.52. The predicted molar refractivity (Wildman–Crippen MR) is 68.5 cm³/mol. The zero-order valence-electron chi connectivity index (χ0n) is 9.81. The van der Waals surface area contributed by atoms with Gasteiger partial charge in [-0.15, -0.1) is 0 Å². The number of aromatic nitrogens is 3. The van der Waals surface area contributed by atoms with Gasteiger partial charge in [0.1, 0.15) is 5.54 Å². The van der Waals surface area contributed by atoms with Crippen LogP contribution in [0.3, 0.4) is 0 Å². The van der Waals surface area contributed by atoms with Gasteiger partial charge in [-0.1, -0.05) is 33.7 Å². The smallest absolute Gasteiger partial charge is 0.102 e. The van der Waals surface area contributed by atoms with E-state index in [-0.39, 0.29) is 5.54 Å². The molecule has 0 amide bonds. The Kier molecular flexibility index (Phi) is 3.02. The van der Waals surface area contributed by atoms with E-state index in [0.717, 1.165) is 6.42 Å². The molecule has 3 nitrogen and oxygen atoms in total. The van der Waals surface area contributed by atoms with Crippen LogP contribution >= 0.6 is 15.9 Å². The van der Waals surface area contributed by atoms with Crippen molar-refractivity contribution in [2.24, 2.45) is 0 Å². The fraction of sp³-hybridized carbons (Fsp3) is 0.500. The van der Waals surface area contributed by atoms with E-state index in [1.54, 1.807) is 17.2 Å². The van der Waals surface area contributed by atoms with Crippen molar-refractivity contribution in [1.29, 1.82) is 0 Å². The normalized spacial score (nSPS) is 21.6. The Morgan fingerprint density at radius 3 is 2.56 bits per heavy atom. The zero-order valence-corrected chi connectivity index (χ0v) is 11.4. The van der Waals surface area contributed by atoms with Crippen LogP contribution in [0.15, 0.2) is 35.7 Å². The molecule has 1 atom stereocenters. The maximum Gasteiger partial charge on any atom is 0.102 e. The number of hydrogen-bond acceptors (Lipinski definition) is 2. The van der Waals surface area contributed by atoms with E-state index in [4.69, 9.17) is 0 Å². The molecule has 1 aromatic heterocycles. The second kappa shape index (κ2) is 4.17. The van der Waals surface area contributed by atoms with E-state index in [0.29, 0.717) is 4.83 Å². The molecule has 0 saturated heterocycles. The van der Waals surface area contributed by atoms with Gasteiger partial charge in [0.15, 0.2) is 0 Å². The van der Waals surface area contributed by atoms with Gasteiger partial charge < -0.3 is 0 Å². The van der Waals surface area contributed by atoms with Crippen molar-refractivity contribution in [3.8, 4) is 0 Å². The molecule has 0 aromatic carbocycles. The van der Waals surface area contributed by atoms with Crippen molar-refractivity contribution >= 4 is 15.9 Å². The lowest BCUT2D eigenvalue weighted by atomic mass is 9.86. The SMILES string of the molecule is CC1=C(C(C)(C)n2nccn2)C=CC(Br)C1. The summed E-state index contributed by atoms with van der Waals surface area (Å²) >= 11 is 3.61. The molecule has 0 bridgehead atoms. The first kappa shape index (κ1) is 11.6. The molecule has 16 heavy (non-hydrogen) atoms. The molecule has 1 heterocycles. The van der Waals surface area contributed by atoms with Crippen LogP contribution in [0.2, 0.25) is 0 Å². The van der Waals surface area contributed by atoms with Crippen LogP contribution in [0.1, 0.15) is 27.2 Å². The third-order valence-electron chi connectivity index (χ3n) is 3.01. The Morgan fingerprint density at radius 1 is 1.38 bits per heavy atom. The van der Waals surface area contributed by atoms with Crippen molar-refractivity contribution in [1.82, 2.24) is 15.0 Å². The van der Waals surface area contributed by atoms with Crippen LogP contribution in [-0.4, -0.2) is 19.8 Å². The molecule has 0 fully saturated rings. The predicted octanol–water partition coefficient (Wildman–Crippen LogP) is 3.05. The van der Waals surface area contributed by atoms with Crippen LogP contribution in [0.25, 0.3) is 0 Å². The van der Waals surface area contributed by atoms with Crippen molar-refractivity contribution < 1.29 is 0 Å². The minimum atomic E-state index is -0.183. The number of rotatable bonds is 2. The summed E-state index contributed by atoms with van der Waals surface area (Å²) in [6.45, 7) is 6.47. The fourth-order valence-electron chi connectivity index (χ4n) is 2.15. The van der Waals surface area contributed by atoms with Gasteiger partial charge in [0.2, 0.25) is 0 Å². The number of hydrogen-bond donors (Lipinski definition) is 0. The van der Waals surface area contributed by atoms with Gasteiger partial charge in [-0.05, 0) is 32.8 Å². The van der Waals surface area contributed by atoms with Crippen molar-refractivity contribution in [3.05, 3.63) is 35.7 Å². The Labute approximate surface area is 104 Å². The molecule has 0 radical (unpaired) electrons. The Bertz CT molecular complexity index is 429. The monoisotopic (exact) mass is 281 g/mol. The highest BCUT2D eigenvalue weighted by Crippen LogP contribution is 2.33. The summed E-state index contributed by atoms with van der Waals surface area (Å²) in [4.78, 5) is 2.22. The highest BCUT2D eigenvalue weighted by Gasteiger charge is 2.29. The van der Waals surface area contributed by atoms with Gasteiger partial charge in [0, 0.05) is 4.83 Å². The number of nitrogens with zero attached hydrogens (tertiary/aromatic N) is 3. The Hall–Kier alpha value is -0.900. The molecule has 86 valence electrons. The maximum atomic E-state index is 4.24. The standard InChI is InChI=1S/C12H16BrN3/c1-9-8-10(13)4-5-11(9)12(2,3)16-14-6-7-15-16/h4-7,10H,8H2,1-3H3. The Balaban J connectivity index is 2.38. The molecule has 1 aliphatic rings. The van der Waals surface area contributed by atoms with E-state index in [1.165, 1.54) is 11.1 Å². The highest BCUT2D eigenvalue weighted by atomic mass is 79.9. The summed E-state index contributed by atoms with van der Waals surface area (Å²) < 4.78 is 0.